The minimum atomic E-state index is -2.49. The van der Waals surface area contributed by atoms with E-state index in [1.54, 1.807) is 0 Å². The van der Waals surface area contributed by atoms with Crippen LogP contribution in [0.15, 0.2) is 60.3 Å². The van der Waals surface area contributed by atoms with E-state index >= 15 is 8.78 Å². The molecule has 0 saturated heterocycles. The Kier molecular flexibility index (Phi) is 6.16. The lowest BCUT2D eigenvalue weighted by Crippen LogP contribution is -2.27. The number of aromatic nitrogens is 2. The van der Waals surface area contributed by atoms with E-state index in [2.05, 4.69) is 9.97 Å². The molecule has 0 aliphatic heterocycles. The van der Waals surface area contributed by atoms with E-state index in [0.717, 1.165) is 18.2 Å². The quantitative estimate of drug-likeness (QED) is 0.514. The Balaban J connectivity index is 1.71. The van der Waals surface area contributed by atoms with E-state index in [1.165, 1.54) is 36.5 Å². The van der Waals surface area contributed by atoms with Crippen LogP contribution >= 0.6 is 0 Å². The van der Waals surface area contributed by atoms with Crippen molar-refractivity contribution >= 4 is 22.7 Å². The van der Waals surface area contributed by atoms with E-state index in [-0.39, 0.29) is 29.1 Å². The fourth-order valence-electron chi connectivity index (χ4n) is 3.66. The largest absolute Gasteiger partial charge is 0.475 e. The SMILES string of the molecule is NCCOc1cnc2cc(C(=O)c3c(F)ccc(C4(F)C=CC=C(C(N)=O)C4)c3F)ccc2n1. The van der Waals surface area contributed by atoms with Gasteiger partial charge < -0.3 is 16.2 Å². The van der Waals surface area contributed by atoms with Crippen LogP contribution in [-0.2, 0) is 10.5 Å². The van der Waals surface area contributed by atoms with Gasteiger partial charge in [-0.05, 0) is 36.4 Å². The summed E-state index contributed by atoms with van der Waals surface area (Å²) in [5, 5.41) is 0. The molecule has 3 aromatic rings. The molecule has 0 fully saturated rings. The molecule has 174 valence electrons. The van der Waals surface area contributed by atoms with E-state index in [9.17, 15) is 14.0 Å². The number of primary amides is 1. The van der Waals surface area contributed by atoms with Gasteiger partial charge in [0.05, 0.1) is 22.8 Å². The van der Waals surface area contributed by atoms with Crippen molar-refractivity contribution in [2.45, 2.75) is 12.1 Å². The summed E-state index contributed by atoms with van der Waals surface area (Å²) in [4.78, 5) is 32.9. The molecule has 0 bridgehead atoms. The lowest BCUT2D eigenvalue weighted by Gasteiger charge is -2.26. The molecule has 34 heavy (non-hydrogen) atoms. The molecule has 1 heterocycles. The van der Waals surface area contributed by atoms with Gasteiger partial charge in [-0.2, -0.15) is 0 Å². The van der Waals surface area contributed by atoms with Crippen molar-refractivity contribution in [1.29, 1.82) is 0 Å². The fraction of sp³-hybridized carbons (Fsp3) is 0.167. The van der Waals surface area contributed by atoms with Crippen LogP contribution < -0.4 is 16.2 Å². The van der Waals surface area contributed by atoms with Crippen molar-refractivity contribution in [3.05, 3.63) is 88.7 Å². The van der Waals surface area contributed by atoms with E-state index < -0.39 is 46.5 Å². The summed E-state index contributed by atoms with van der Waals surface area (Å²) in [6.07, 6.45) is 4.35. The Bertz CT molecular complexity index is 1370. The number of hydrogen-bond acceptors (Lipinski definition) is 6. The molecule has 7 nitrogen and oxygen atoms in total. The highest BCUT2D eigenvalue weighted by molar-refractivity contribution is 6.10. The molecule has 1 aliphatic carbocycles. The third-order valence-electron chi connectivity index (χ3n) is 5.34. The number of halogens is 3. The van der Waals surface area contributed by atoms with Gasteiger partial charge in [0.15, 0.2) is 11.5 Å². The standard InChI is InChI=1S/C24H19F3N4O3/c25-16-5-4-15(24(27)7-1-2-14(11-24)23(29)33)21(26)20(16)22(32)13-3-6-17-18(10-13)30-12-19(31-17)34-9-8-28/h1-7,10,12H,8-9,11,28H2,(H2,29,33). The topological polar surface area (TPSA) is 121 Å². The molecule has 1 amide bonds. The second-order valence-electron chi connectivity index (χ2n) is 7.62. The molecule has 1 unspecified atom stereocenters. The van der Waals surface area contributed by atoms with Crippen molar-refractivity contribution in [3.8, 4) is 5.88 Å². The van der Waals surface area contributed by atoms with Gasteiger partial charge in [-0.25, -0.2) is 23.1 Å². The summed E-state index contributed by atoms with van der Waals surface area (Å²) < 4.78 is 50.9. The van der Waals surface area contributed by atoms with E-state index in [0.29, 0.717) is 12.1 Å². The highest BCUT2D eigenvalue weighted by atomic mass is 19.2. The van der Waals surface area contributed by atoms with Gasteiger partial charge >= 0.3 is 0 Å². The lowest BCUT2D eigenvalue weighted by molar-refractivity contribution is -0.115. The first-order valence-corrected chi connectivity index (χ1v) is 10.2. The van der Waals surface area contributed by atoms with Crippen LogP contribution in [0, 0.1) is 11.6 Å². The van der Waals surface area contributed by atoms with Crippen LogP contribution in [0.25, 0.3) is 11.0 Å². The van der Waals surface area contributed by atoms with Crippen molar-refractivity contribution in [2.75, 3.05) is 13.2 Å². The van der Waals surface area contributed by atoms with Crippen LogP contribution in [0.5, 0.6) is 5.88 Å². The minimum Gasteiger partial charge on any atom is -0.475 e. The van der Waals surface area contributed by atoms with Gasteiger partial charge in [0, 0.05) is 29.7 Å². The van der Waals surface area contributed by atoms with Crippen molar-refractivity contribution in [3.63, 3.8) is 0 Å². The predicted octanol–water partition coefficient (Wildman–Crippen LogP) is 3.01. The Labute approximate surface area is 191 Å². The lowest BCUT2D eigenvalue weighted by atomic mass is 9.83. The van der Waals surface area contributed by atoms with Crippen LogP contribution in [0.3, 0.4) is 0 Å². The molecule has 1 atom stereocenters. The molecule has 4 N–H and O–H groups in total. The summed E-state index contributed by atoms with van der Waals surface area (Å²) >= 11 is 0. The van der Waals surface area contributed by atoms with Gasteiger partial charge in [-0.3, -0.25) is 9.59 Å². The normalized spacial score (nSPS) is 17.5. The highest BCUT2D eigenvalue weighted by Crippen LogP contribution is 2.39. The zero-order valence-corrected chi connectivity index (χ0v) is 17.7. The number of hydrogen-bond donors (Lipinski definition) is 2. The van der Waals surface area contributed by atoms with Crippen LogP contribution in [0.2, 0.25) is 0 Å². The number of amides is 1. The molecule has 0 radical (unpaired) electrons. The Morgan fingerprint density at radius 1 is 1.15 bits per heavy atom. The number of ether oxygens (including phenoxy) is 1. The predicted molar refractivity (Wildman–Crippen MR) is 118 cm³/mol. The molecule has 0 saturated carbocycles. The summed E-state index contributed by atoms with van der Waals surface area (Å²) in [6.45, 7) is 0.535. The zero-order valence-electron chi connectivity index (χ0n) is 17.7. The number of carbonyl (C=O) groups excluding carboxylic acids is 2. The first-order valence-electron chi connectivity index (χ1n) is 10.2. The second-order valence-corrected chi connectivity index (χ2v) is 7.62. The molecule has 1 aromatic heterocycles. The number of carbonyl (C=O) groups is 2. The average molecular weight is 468 g/mol. The van der Waals surface area contributed by atoms with E-state index in [1.807, 2.05) is 0 Å². The first kappa shape index (κ1) is 23.1. The molecular formula is C24H19F3N4O3. The summed E-state index contributed by atoms with van der Waals surface area (Å²) in [6, 6.07) is 5.82. The number of benzene rings is 2. The average Bonchev–Trinajstić information content (AvgIpc) is 2.82. The minimum absolute atomic E-state index is 0.0653. The molecule has 10 heteroatoms. The maximum absolute atomic E-state index is 15.6. The number of ketones is 1. The van der Waals surface area contributed by atoms with Gasteiger partial charge in [0.1, 0.15) is 18.2 Å². The maximum Gasteiger partial charge on any atom is 0.244 e. The molecular weight excluding hydrogens is 449 g/mol. The zero-order chi connectivity index (χ0) is 24.5. The Morgan fingerprint density at radius 3 is 2.68 bits per heavy atom. The Hall–Kier alpha value is -4.05. The van der Waals surface area contributed by atoms with Gasteiger partial charge in [-0.15, -0.1) is 0 Å². The summed E-state index contributed by atoms with van der Waals surface area (Å²) in [5.74, 6) is -4.14. The third-order valence-corrected chi connectivity index (χ3v) is 5.34. The monoisotopic (exact) mass is 468 g/mol. The first-order chi connectivity index (χ1) is 16.2. The molecule has 0 spiro atoms. The molecule has 1 aliphatic rings. The fourth-order valence-corrected chi connectivity index (χ4v) is 3.66. The van der Waals surface area contributed by atoms with Gasteiger partial charge in [0.25, 0.3) is 0 Å². The summed E-state index contributed by atoms with van der Waals surface area (Å²) in [7, 11) is 0. The van der Waals surface area contributed by atoms with Gasteiger partial charge in [0.2, 0.25) is 11.8 Å². The molecule has 4 rings (SSSR count). The Morgan fingerprint density at radius 2 is 1.94 bits per heavy atom. The van der Waals surface area contributed by atoms with Crippen molar-refractivity contribution < 1.29 is 27.5 Å². The van der Waals surface area contributed by atoms with Crippen LogP contribution in [0.4, 0.5) is 13.2 Å². The van der Waals surface area contributed by atoms with Crippen molar-refractivity contribution in [1.82, 2.24) is 9.97 Å². The second kappa shape index (κ2) is 9.06. The number of alkyl halides is 1. The van der Waals surface area contributed by atoms with Crippen molar-refractivity contribution in [2.24, 2.45) is 11.5 Å². The van der Waals surface area contributed by atoms with E-state index in [4.69, 9.17) is 16.2 Å². The molecule has 2 aromatic carbocycles. The van der Waals surface area contributed by atoms with Crippen LogP contribution in [0.1, 0.15) is 27.9 Å². The number of fused-ring (bicyclic) bond motifs is 1. The summed E-state index contributed by atoms with van der Waals surface area (Å²) in [5.41, 5.74) is 7.16. The number of nitrogens with two attached hydrogens (primary N) is 2. The van der Waals surface area contributed by atoms with Crippen LogP contribution in [-0.4, -0.2) is 34.8 Å². The number of allylic oxidation sites excluding steroid dienone is 3. The number of nitrogens with zero attached hydrogens (tertiary/aromatic N) is 2. The number of rotatable bonds is 7. The highest BCUT2D eigenvalue weighted by Gasteiger charge is 2.38. The maximum atomic E-state index is 15.6. The third kappa shape index (κ3) is 4.27. The van der Waals surface area contributed by atoms with Gasteiger partial charge in [-0.1, -0.05) is 12.2 Å². The smallest absolute Gasteiger partial charge is 0.244 e.